The normalized spacial score (nSPS) is 10.4. The standard InChI is InChI=1S/C13H9BrCl3N/c14-9-1-2-13(17)8(3-9)7-18-12-5-10(15)4-11(16)6-12/h1-6,18H,7H2. The molecular formula is C13H9BrCl3N. The number of rotatable bonds is 3. The molecule has 1 N–H and O–H groups in total. The van der Waals surface area contributed by atoms with Crippen LogP contribution >= 0.6 is 50.7 Å². The summed E-state index contributed by atoms with van der Waals surface area (Å²) in [4.78, 5) is 0. The summed E-state index contributed by atoms with van der Waals surface area (Å²) in [5.74, 6) is 0. The van der Waals surface area contributed by atoms with Crippen molar-refractivity contribution < 1.29 is 0 Å². The van der Waals surface area contributed by atoms with Gasteiger partial charge in [-0.3, -0.25) is 0 Å². The predicted molar refractivity (Wildman–Crippen MR) is 82.9 cm³/mol. The molecule has 2 aromatic carbocycles. The van der Waals surface area contributed by atoms with Crippen LogP contribution in [0.2, 0.25) is 15.1 Å². The Bertz CT molecular complexity index is 552. The predicted octanol–water partition coefficient (Wildman–Crippen LogP) is 6.02. The molecule has 0 radical (unpaired) electrons. The average Bonchev–Trinajstić information content (AvgIpc) is 2.29. The second-order valence-electron chi connectivity index (χ2n) is 3.75. The summed E-state index contributed by atoms with van der Waals surface area (Å²) in [7, 11) is 0. The number of benzene rings is 2. The number of hydrogen-bond acceptors (Lipinski definition) is 1. The van der Waals surface area contributed by atoms with Gasteiger partial charge in [-0.2, -0.15) is 0 Å². The van der Waals surface area contributed by atoms with E-state index in [0.29, 0.717) is 16.6 Å². The minimum absolute atomic E-state index is 0.602. The fraction of sp³-hybridized carbons (Fsp3) is 0.0769. The molecule has 0 saturated heterocycles. The van der Waals surface area contributed by atoms with Gasteiger partial charge in [-0.05, 0) is 42.0 Å². The summed E-state index contributed by atoms with van der Waals surface area (Å²) in [6, 6.07) is 11.1. The van der Waals surface area contributed by atoms with Gasteiger partial charge in [-0.15, -0.1) is 0 Å². The molecule has 0 heterocycles. The lowest BCUT2D eigenvalue weighted by Gasteiger charge is -2.09. The van der Waals surface area contributed by atoms with E-state index < -0.39 is 0 Å². The van der Waals surface area contributed by atoms with Gasteiger partial charge in [0.05, 0.1) is 0 Å². The molecule has 0 aliphatic carbocycles. The molecule has 0 unspecified atom stereocenters. The minimum atomic E-state index is 0.602. The zero-order valence-electron chi connectivity index (χ0n) is 9.18. The van der Waals surface area contributed by atoms with E-state index in [1.54, 1.807) is 6.07 Å². The molecule has 0 bridgehead atoms. The SMILES string of the molecule is Clc1cc(Cl)cc(NCc2cc(Br)ccc2Cl)c1. The van der Waals surface area contributed by atoms with Crippen LogP contribution < -0.4 is 5.32 Å². The molecule has 0 aliphatic rings. The first-order valence-corrected chi connectivity index (χ1v) is 7.11. The molecule has 0 aliphatic heterocycles. The van der Waals surface area contributed by atoms with Crippen molar-refractivity contribution in [2.45, 2.75) is 6.54 Å². The number of halogens is 4. The van der Waals surface area contributed by atoms with Gasteiger partial charge in [0.2, 0.25) is 0 Å². The van der Waals surface area contributed by atoms with Crippen molar-refractivity contribution in [3.05, 3.63) is 61.5 Å². The van der Waals surface area contributed by atoms with Gasteiger partial charge in [0.15, 0.2) is 0 Å². The maximum absolute atomic E-state index is 6.11. The fourth-order valence-corrected chi connectivity index (χ4v) is 2.65. The molecule has 0 saturated carbocycles. The first kappa shape index (κ1) is 14.0. The fourth-order valence-electron chi connectivity index (χ4n) is 1.53. The third-order valence-electron chi connectivity index (χ3n) is 2.35. The zero-order chi connectivity index (χ0) is 13.1. The van der Waals surface area contributed by atoms with E-state index in [9.17, 15) is 0 Å². The van der Waals surface area contributed by atoms with Crippen molar-refractivity contribution in [1.82, 2.24) is 0 Å². The van der Waals surface area contributed by atoms with Crippen LogP contribution in [0.4, 0.5) is 5.69 Å². The van der Waals surface area contributed by atoms with Crippen LogP contribution in [0.3, 0.4) is 0 Å². The quantitative estimate of drug-likeness (QED) is 0.701. The van der Waals surface area contributed by atoms with Gasteiger partial charge in [-0.1, -0.05) is 50.7 Å². The van der Waals surface area contributed by atoms with Crippen LogP contribution in [-0.2, 0) is 6.54 Å². The summed E-state index contributed by atoms with van der Waals surface area (Å²) in [5, 5.41) is 5.16. The highest BCUT2D eigenvalue weighted by Gasteiger charge is 2.02. The van der Waals surface area contributed by atoms with Crippen LogP contribution in [0, 0.1) is 0 Å². The molecule has 5 heteroatoms. The summed E-state index contributed by atoms with van der Waals surface area (Å²) in [6.45, 7) is 0.606. The molecule has 1 nitrogen and oxygen atoms in total. The largest absolute Gasteiger partial charge is 0.381 e. The van der Waals surface area contributed by atoms with E-state index >= 15 is 0 Å². The van der Waals surface area contributed by atoms with Crippen LogP contribution in [0.5, 0.6) is 0 Å². The molecule has 94 valence electrons. The lowest BCUT2D eigenvalue weighted by Crippen LogP contribution is -2.00. The third kappa shape index (κ3) is 3.79. The van der Waals surface area contributed by atoms with Gasteiger partial charge in [0.1, 0.15) is 0 Å². The molecule has 0 fully saturated rings. The van der Waals surface area contributed by atoms with Crippen molar-refractivity contribution in [3.63, 3.8) is 0 Å². The van der Waals surface area contributed by atoms with Crippen LogP contribution in [-0.4, -0.2) is 0 Å². The molecule has 0 aromatic heterocycles. The van der Waals surface area contributed by atoms with Crippen molar-refractivity contribution in [3.8, 4) is 0 Å². The second-order valence-corrected chi connectivity index (χ2v) is 5.94. The van der Waals surface area contributed by atoms with Gasteiger partial charge in [0, 0.05) is 31.8 Å². The first-order chi connectivity index (χ1) is 8.54. The Morgan fingerprint density at radius 2 is 1.61 bits per heavy atom. The Hall–Kier alpha value is -0.410. The molecule has 0 spiro atoms. The number of hydrogen-bond donors (Lipinski definition) is 1. The summed E-state index contributed by atoms with van der Waals surface area (Å²) < 4.78 is 0.993. The Morgan fingerprint density at radius 1 is 0.944 bits per heavy atom. The Morgan fingerprint density at radius 3 is 2.28 bits per heavy atom. The van der Waals surface area contributed by atoms with E-state index in [2.05, 4.69) is 21.2 Å². The van der Waals surface area contributed by atoms with Gasteiger partial charge in [0.25, 0.3) is 0 Å². The maximum Gasteiger partial charge on any atom is 0.0456 e. The summed E-state index contributed by atoms with van der Waals surface area (Å²) in [5.41, 5.74) is 1.87. The van der Waals surface area contributed by atoms with Gasteiger partial charge in [-0.25, -0.2) is 0 Å². The Kier molecular flexibility index (Phi) is 4.79. The Labute approximate surface area is 129 Å². The van der Waals surface area contributed by atoms with Gasteiger partial charge >= 0.3 is 0 Å². The summed E-state index contributed by atoms with van der Waals surface area (Å²) >= 11 is 21.4. The highest BCUT2D eigenvalue weighted by molar-refractivity contribution is 9.10. The van der Waals surface area contributed by atoms with E-state index in [1.807, 2.05) is 30.3 Å². The maximum atomic E-state index is 6.11. The molecular weight excluding hydrogens is 356 g/mol. The van der Waals surface area contributed by atoms with Crippen LogP contribution in [0.1, 0.15) is 5.56 Å². The smallest absolute Gasteiger partial charge is 0.0456 e. The monoisotopic (exact) mass is 363 g/mol. The molecule has 18 heavy (non-hydrogen) atoms. The number of anilines is 1. The van der Waals surface area contributed by atoms with E-state index in [-0.39, 0.29) is 0 Å². The minimum Gasteiger partial charge on any atom is -0.381 e. The molecule has 0 amide bonds. The van der Waals surface area contributed by atoms with Crippen molar-refractivity contribution in [1.29, 1.82) is 0 Å². The molecule has 2 rings (SSSR count). The highest BCUT2D eigenvalue weighted by atomic mass is 79.9. The third-order valence-corrected chi connectivity index (χ3v) is 3.65. The summed E-state index contributed by atoms with van der Waals surface area (Å²) in [6.07, 6.45) is 0. The lowest BCUT2D eigenvalue weighted by molar-refractivity contribution is 1.15. The molecule has 0 atom stereocenters. The van der Waals surface area contributed by atoms with E-state index in [1.165, 1.54) is 0 Å². The topological polar surface area (TPSA) is 12.0 Å². The Balaban J connectivity index is 2.13. The van der Waals surface area contributed by atoms with Gasteiger partial charge < -0.3 is 5.32 Å². The van der Waals surface area contributed by atoms with Crippen molar-refractivity contribution in [2.75, 3.05) is 5.32 Å². The molecule has 2 aromatic rings. The van der Waals surface area contributed by atoms with Crippen molar-refractivity contribution >= 4 is 56.4 Å². The second kappa shape index (κ2) is 6.16. The van der Waals surface area contributed by atoms with E-state index in [4.69, 9.17) is 34.8 Å². The van der Waals surface area contributed by atoms with Crippen molar-refractivity contribution in [2.24, 2.45) is 0 Å². The lowest BCUT2D eigenvalue weighted by atomic mass is 10.2. The van der Waals surface area contributed by atoms with E-state index in [0.717, 1.165) is 20.7 Å². The zero-order valence-corrected chi connectivity index (χ0v) is 13.0. The van der Waals surface area contributed by atoms with Crippen LogP contribution in [0.25, 0.3) is 0 Å². The van der Waals surface area contributed by atoms with Crippen LogP contribution in [0.15, 0.2) is 40.9 Å². The number of nitrogens with one attached hydrogen (secondary N) is 1. The average molecular weight is 365 g/mol. The highest BCUT2D eigenvalue weighted by Crippen LogP contribution is 2.25. The first-order valence-electron chi connectivity index (χ1n) is 5.18.